The molecule has 0 spiro atoms. The van der Waals surface area contributed by atoms with Crippen molar-refractivity contribution in [1.29, 1.82) is 0 Å². The van der Waals surface area contributed by atoms with Crippen molar-refractivity contribution in [3.05, 3.63) is 41.7 Å². The number of fused-ring (bicyclic) bond motifs is 2. The van der Waals surface area contributed by atoms with E-state index in [2.05, 4.69) is 41.3 Å². The standard InChI is InChI=1S/C20H28N8O.HI/c1-14-23-16-6-4-5-7-17(16)27(14)11-10-22-20(21-2)24-15-8-9-19-25-18(13-29-3)26-28(19)12-15;/h4-7,15H,8-13H2,1-3H3,(H2,21,22,24);1H. The van der Waals surface area contributed by atoms with E-state index in [1.165, 1.54) is 0 Å². The second-order valence-corrected chi connectivity index (χ2v) is 7.24. The van der Waals surface area contributed by atoms with Gasteiger partial charge in [-0.3, -0.25) is 4.99 Å². The molecular formula is C20H29IN8O. The summed E-state index contributed by atoms with van der Waals surface area (Å²) < 4.78 is 9.34. The zero-order valence-electron chi connectivity index (χ0n) is 17.6. The molecule has 1 atom stereocenters. The number of aryl methyl sites for hydroxylation is 2. The van der Waals surface area contributed by atoms with Crippen molar-refractivity contribution in [2.75, 3.05) is 20.7 Å². The highest BCUT2D eigenvalue weighted by Gasteiger charge is 2.22. The number of guanidine groups is 1. The number of rotatable bonds is 6. The molecule has 0 bridgehead atoms. The lowest BCUT2D eigenvalue weighted by Crippen LogP contribution is -2.47. The molecule has 162 valence electrons. The van der Waals surface area contributed by atoms with Crippen molar-refractivity contribution < 1.29 is 4.74 Å². The van der Waals surface area contributed by atoms with E-state index >= 15 is 0 Å². The quantitative estimate of drug-likeness (QED) is 0.291. The lowest BCUT2D eigenvalue weighted by Gasteiger charge is -2.25. The largest absolute Gasteiger partial charge is 0.377 e. The fourth-order valence-corrected chi connectivity index (χ4v) is 3.82. The molecule has 10 heteroatoms. The zero-order chi connectivity index (χ0) is 20.2. The number of hydrogen-bond acceptors (Lipinski definition) is 5. The smallest absolute Gasteiger partial charge is 0.191 e. The first-order valence-electron chi connectivity index (χ1n) is 9.98. The minimum Gasteiger partial charge on any atom is -0.377 e. The van der Waals surface area contributed by atoms with Crippen LogP contribution >= 0.6 is 24.0 Å². The van der Waals surface area contributed by atoms with Crippen LogP contribution < -0.4 is 10.6 Å². The van der Waals surface area contributed by atoms with Crippen LogP contribution in [0.5, 0.6) is 0 Å². The number of nitrogens with zero attached hydrogens (tertiary/aromatic N) is 6. The zero-order valence-corrected chi connectivity index (χ0v) is 20.0. The molecule has 1 unspecified atom stereocenters. The predicted octanol–water partition coefficient (Wildman–Crippen LogP) is 1.88. The third kappa shape index (κ3) is 4.91. The van der Waals surface area contributed by atoms with Gasteiger partial charge in [0.25, 0.3) is 0 Å². The SMILES string of the molecule is CN=C(NCCn1c(C)nc2ccccc21)NC1CCc2nc(COC)nn2C1.I. The van der Waals surface area contributed by atoms with Crippen molar-refractivity contribution in [1.82, 2.24) is 34.9 Å². The summed E-state index contributed by atoms with van der Waals surface area (Å²) in [4.78, 5) is 13.5. The number of imidazole rings is 1. The normalized spacial score (nSPS) is 16.2. The third-order valence-corrected chi connectivity index (χ3v) is 5.21. The van der Waals surface area contributed by atoms with Crippen LogP contribution in [0.2, 0.25) is 0 Å². The van der Waals surface area contributed by atoms with Gasteiger partial charge in [-0.05, 0) is 25.5 Å². The second-order valence-electron chi connectivity index (χ2n) is 7.24. The lowest BCUT2D eigenvalue weighted by molar-refractivity contribution is 0.177. The Bertz CT molecular complexity index is 1010. The molecule has 2 N–H and O–H groups in total. The Morgan fingerprint density at radius 1 is 1.30 bits per heavy atom. The Labute approximate surface area is 193 Å². The number of aromatic nitrogens is 5. The highest BCUT2D eigenvalue weighted by molar-refractivity contribution is 14.0. The first-order chi connectivity index (χ1) is 14.2. The van der Waals surface area contributed by atoms with Gasteiger partial charge in [0.2, 0.25) is 0 Å². The van der Waals surface area contributed by atoms with Crippen LogP contribution in [0.1, 0.15) is 23.9 Å². The van der Waals surface area contributed by atoms with Crippen LogP contribution in [-0.2, 0) is 30.9 Å². The number of ether oxygens (including phenoxy) is 1. The van der Waals surface area contributed by atoms with Crippen LogP contribution in [-0.4, -0.2) is 57.0 Å². The Morgan fingerprint density at radius 2 is 2.13 bits per heavy atom. The Kier molecular flexibility index (Phi) is 7.64. The van der Waals surface area contributed by atoms with E-state index in [0.29, 0.717) is 6.61 Å². The van der Waals surface area contributed by atoms with Crippen LogP contribution in [0.25, 0.3) is 11.0 Å². The van der Waals surface area contributed by atoms with Crippen LogP contribution in [0.3, 0.4) is 0 Å². The summed E-state index contributed by atoms with van der Waals surface area (Å²) in [7, 11) is 3.46. The number of halogens is 1. The molecule has 0 fully saturated rings. The minimum atomic E-state index is 0. The Balaban J connectivity index is 0.00000256. The van der Waals surface area contributed by atoms with Gasteiger partial charge in [0.1, 0.15) is 18.3 Å². The summed E-state index contributed by atoms with van der Waals surface area (Å²) in [6.07, 6.45) is 1.89. The molecule has 1 aliphatic heterocycles. The van der Waals surface area contributed by atoms with Crippen LogP contribution in [0.15, 0.2) is 29.3 Å². The minimum absolute atomic E-state index is 0. The number of hydrogen-bond donors (Lipinski definition) is 2. The molecule has 3 heterocycles. The summed E-state index contributed by atoms with van der Waals surface area (Å²) in [5, 5.41) is 11.5. The van der Waals surface area contributed by atoms with Gasteiger partial charge in [-0.15, -0.1) is 24.0 Å². The van der Waals surface area contributed by atoms with Crippen molar-refractivity contribution in [2.24, 2.45) is 4.99 Å². The third-order valence-electron chi connectivity index (χ3n) is 5.21. The summed E-state index contributed by atoms with van der Waals surface area (Å²) >= 11 is 0. The average molecular weight is 524 g/mol. The molecule has 0 aliphatic carbocycles. The fraction of sp³-hybridized carbons (Fsp3) is 0.500. The molecule has 0 radical (unpaired) electrons. The number of methoxy groups -OCH3 is 1. The van der Waals surface area contributed by atoms with E-state index in [1.54, 1.807) is 14.2 Å². The molecule has 0 saturated carbocycles. The molecule has 1 aliphatic rings. The topological polar surface area (TPSA) is 94.2 Å². The predicted molar refractivity (Wildman–Crippen MR) is 127 cm³/mol. The fourth-order valence-electron chi connectivity index (χ4n) is 3.82. The summed E-state index contributed by atoms with van der Waals surface area (Å²) in [5.74, 6) is 3.60. The average Bonchev–Trinajstić information content (AvgIpc) is 3.27. The van der Waals surface area contributed by atoms with E-state index in [4.69, 9.17) is 4.74 Å². The van der Waals surface area contributed by atoms with Crippen molar-refractivity contribution in [3.8, 4) is 0 Å². The first kappa shape index (κ1) is 22.5. The highest BCUT2D eigenvalue weighted by atomic mass is 127. The van der Waals surface area contributed by atoms with Gasteiger partial charge in [0, 0.05) is 39.7 Å². The van der Waals surface area contributed by atoms with Gasteiger partial charge in [0.05, 0.1) is 17.6 Å². The number of para-hydroxylation sites is 2. The number of aliphatic imine (C=N–C) groups is 1. The summed E-state index contributed by atoms with van der Waals surface area (Å²) in [5.41, 5.74) is 2.19. The molecule has 3 aromatic rings. The van der Waals surface area contributed by atoms with E-state index in [9.17, 15) is 0 Å². The molecule has 0 saturated heterocycles. The van der Waals surface area contributed by atoms with Gasteiger partial charge >= 0.3 is 0 Å². The number of benzene rings is 1. The van der Waals surface area contributed by atoms with E-state index in [0.717, 1.165) is 66.9 Å². The molecular weight excluding hydrogens is 495 g/mol. The van der Waals surface area contributed by atoms with Crippen molar-refractivity contribution in [2.45, 2.75) is 45.5 Å². The summed E-state index contributed by atoms with van der Waals surface area (Å²) in [6, 6.07) is 8.49. The Morgan fingerprint density at radius 3 is 2.93 bits per heavy atom. The van der Waals surface area contributed by atoms with E-state index < -0.39 is 0 Å². The van der Waals surface area contributed by atoms with Crippen LogP contribution in [0, 0.1) is 6.92 Å². The summed E-state index contributed by atoms with van der Waals surface area (Å²) in [6.45, 7) is 4.86. The van der Waals surface area contributed by atoms with Crippen molar-refractivity contribution >= 4 is 41.0 Å². The lowest BCUT2D eigenvalue weighted by atomic mass is 10.1. The highest BCUT2D eigenvalue weighted by Crippen LogP contribution is 2.15. The first-order valence-corrected chi connectivity index (χ1v) is 9.98. The van der Waals surface area contributed by atoms with Gasteiger partial charge in [-0.1, -0.05) is 12.1 Å². The number of nitrogens with one attached hydrogen (secondary N) is 2. The monoisotopic (exact) mass is 524 g/mol. The maximum atomic E-state index is 5.13. The van der Waals surface area contributed by atoms with Gasteiger partial charge in [-0.2, -0.15) is 5.10 Å². The van der Waals surface area contributed by atoms with Crippen LogP contribution in [0.4, 0.5) is 0 Å². The second kappa shape index (κ2) is 10.2. The molecule has 1 aromatic carbocycles. The maximum absolute atomic E-state index is 5.13. The van der Waals surface area contributed by atoms with E-state index in [-0.39, 0.29) is 30.0 Å². The van der Waals surface area contributed by atoms with E-state index in [1.807, 2.05) is 29.8 Å². The molecule has 30 heavy (non-hydrogen) atoms. The van der Waals surface area contributed by atoms with Crippen molar-refractivity contribution in [3.63, 3.8) is 0 Å². The van der Waals surface area contributed by atoms with Gasteiger partial charge in [0.15, 0.2) is 11.8 Å². The molecule has 4 rings (SSSR count). The van der Waals surface area contributed by atoms with Gasteiger partial charge < -0.3 is 19.9 Å². The van der Waals surface area contributed by atoms with Gasteiger partial charge in [-0.25, -0.2) is 14.6 Å². The maximum Gasteiger partial charge on any atom is 0.191 e. The molecule has 2 aromatic heterocycles. The Hall–Kier alpha value is -2.21. The molecule has 0 amide bonds. The molecule has 9 nitrogen and oxygen atoms in total.